The van der Waals surface area contributed by atoms with Gasteiger partial charge < -0.3 is 9.80 Å². The van der Waals surface area contributed by atoms with E-state index in [1.54, 1.807) is 4.90 Å². The zero-order valence-corrected chi connectivity index (χ0v) is 14.3. The zero-order chi connectivity index (χ0) is 16.6. The molecule has 0 N–H and O–H groups in total. The fourth-order valence-electron chi connectivity index (χ4n) is 4.20. The minimum atomic E-state index is -0.421. The van der Waals surface area contributed by atoms with Crippen LogP contribution in [-0.2, 0) is 15.0 Å². The molecule has 0 atom stereocenters. The highest BCUT2D eigenvalue weighted by atomic mass is 16.2. The Hall–Kier alpha value is -1.84. The monoisotopic (exact) mass is 314 g/mol. The van der Waals surface area contributed by atoms with E-state index >= 15 is 0 Å². The largest absolute Gasteiger partial charge is 0.342 e. The van der Waals surface area contributed by atoms with Gasteiger partial charge in [0.1, 0.15) is 0 Å². The average Bonchev–Trinajstić information content (AvgIpc) is 2.80. The fraction of sp³-hybridized carbons (Fsp3) is 0.579. The lowest BCUT2D eigenvalue weighted by atomic mass is 9.73. The van der Waals surface area contributed by atoms with Crippen LogP contribution in [0, 0.1) is 5.92 Å². The summed E-state index contributed by atoms with van der Waals surface area (Å²) in [4.78, 5) is 29.2. The highest BCUT2D eigenvalue weighted by Gasteiger charge is 2.51. The summed E-state index contributed by atoms with van der Waals surface area (Å²) in [5.74, 6) is 0.573. The lowest BCUT2D eigenvalue weighted by Crippen LogP contribution is -2.50. The third-order valence-corrected chi connectivity index (χ3v) is 5.76. The Kier molecular flexibility index (Phi) is 4.17. The number of rotatable bonds is 3. The lowest BCUT2D eigenvalue weighted by molar-refractivity contribution is -0.139. The zero-order valence-electron chi connectivity index (χ0n) is 14.3. The smallest absolute Gasteiger partial charge is 0.237 e. The maximum absolute atomic E-state index is 12.9. The molecule has 0 radical (unpaired) electrons. The number of carbonyl (C=O) groups excluding carboxylic acids is 2. The van der Waals surface area contributed by atoms with Crippen molar-refractivity contribution in [2.24, 2.45) is 5.92 Å². The summed E-state index contributed by atoms with van der Waals surface area (Å²) in [6, 6.07) is 8.08. The van der Waals surface area contributed by atoms with Gasteiger partial charge in [-0.1, -0.05) is 32.0 Å². The van der Waals surface area contributed by atoms with Gasteiger partial charge in [-0.05, 0) is 37.3 Å². The summed E-state index contributed by atoms with van der Waals surface area (Å²) in [6.45, 7) is 5.51. The van der Waals surface area contributed by atoms with Crippen LogP contribution >= 0.6 is 0 Å². The first-order valence-electron chi connectivity index (χ1n) is 8.71. The van der Waals surface area contributed by atoms with Crippen LogP contribution in [0.5, 0.6) is 0 Å². The third kappa shape index (κ3) is 2.35. The van der Waals surface area contributed by atoms with Crippen molar-refractivity contribution in [2.75, 3.05) is 25.0 Å². The van der Waals surface area contributed by atoms with Gasteiger partial charge in [-0.3, -0.25) is 9.59 Å². The van der Waals surface area contributed by atoms with Crippen molar-refractivity contribution < 1.29 is 9.59 Å². The number of likely N-dealkylation sites (N-methyl/N-ethyl adjacent to an activating group) is 1. The molecule has 124 valence electrons. The maximum Gasteiger partial charge on any atom is 0.237 e. The van der Waals surface area contributed by atoms with E-state index in [0.29, 0.717) is 13.1 Å². The molecule has 4 nitrogen and oxygen atoms in total. The van der Waals surface area contributed by atoms with Crippen molar-refractivity contribution >= 4 is 17.5 Å². The number of anilines is 1. The summed E-state index contributed by atoms with van der Waals surface area (Å²) < 4.78 is 0. The first-order chi connectivity index (χ1) is 11.0. The minimum Gasteiger partial charge on any atom is -0.342 e. The van der Waals surface area contributed by atoms with E-state index in [1.165, 1.54) is 0 Å². The van der Waals surface area contributed by atoms with Gasteiger partial charge in [0.05, 0.1) is 5.41 Å². The van der Waals surface area contributed by atoms with Gasteiger partial charge in [-0.2, -0.15) is 0 Å². The molecular weight excluding hydrogens is 288 g/mol. The van der Waals surface area contributed by atoms with Crippen molar-refractivity contribution in [2.45, 2.75) is 44.9 Å². The molecule has 2 aliphatic rings. The van der Waals surface area contributed by atoms with Gasteiger partial charge in [0.15, 0.2) is 0 Å². The van der Waals surface area contributed by atoms with Crippen molar-refractivity contribution in [3.8, 4) is 0 Å². The summed E-state index contributed by atoms with van der Waals surface area (Å²) in [6.07, 6.45) is 3.25. The average molecular weight is 314 g/mol. The molecule has 0 unspecified atom stereocenters. The fourth-order valence-corrected chi connectivity index (χ4v) is 4.20. The van der Waals surface area contributed by atoms with E-state index in [4.69, 9.17) is 0 Å². The van der Waals surface area contributed by atoms with Gasteiger partial charge in [0.2, 0.25) is 11.8 Å². The lowest BCUT2D eigenvalue weighted by Gasteiger charge is -2.39. The topological polar surface area (TPSA) is 40.6 Å². The number of nitrogens with zero attached hydrogens (tertiary/aromatic N) is 2. The van der Waals surface area contributed by atoms with Crippen LogP contribution in [0.1, 0.15) is 45.1 Å². The minimum absolute atomic E-state index is 0.123. The molecule has 0 aromatic heterocycles. The van der Waals surface area contributed by atoms with Gasteiger partial charge >= 0.3 is 0 Å². The van der Waals surface area contributed by atoms with Crippen LogP contribution in [-0.4, -0.2) is 36.9 Å². The van der Waals surface area contributed by atoms with Gasteiger partial charge in [0.25, 0.3) is 0 Å². The molecular formula is C19H26N2O2. The van der Waals surface area contributed by atoms with E-state index < -0.39 is 5.41 Å². The van der Waals surface area contributed by atoms with Crippen LogP contribution in [0.15, 0.2) is 24.3 Å². The molecule has 0 bridgehead atoms. The predicted molar refractivity (Wildman–Crippen MR) is 91.4 cm³/mol. The van der Waals surface area contributed by atoms with E-state index in [1.807, 2.05) is 30.1 Å². The van der Waals surface area contributed by atoms with Crippen molar-refractivity contribution in [3.63, 3.8) is 0 Å². The number of hydrogen-bond acceptors (Lipinski definition) is 2. The highest BCUT2D eigenvalue weighted by molar-refractivity contribution is 6.07. The molecule has 1 fully saturated rings. The summed E-state index contributed by atoms with van der Waals surface area (Å²) in [5, 5.41) is 0. The molecule has 0 saturated carbocycles. The second-order valence-corrected chi connectivity index (χ2v) is 6.80. The van der Waals surface area contributed by atoms with Gasteiger partial charge in [0, 0.05) is 31.7 Å². The Morgan fingerprint density at radius 3 is 2.39 bits per heavy atom. The molecule has 23 heavy (non-hydrogen) atoms. The van der Waals surface area contributed by atoms with Crippen molar-refractivity contribution in [3.05, 3.63) is 29.8 Å². The highest BCUT2D eigenvalue weighted by Crippen LogP contribution is 2.47. The maximum atomic E-state index is 12.9. The number of amides is 2. The summed E-state index contributed by atoms with van der Waals surface area (Å²) >= 11 is 0. The standard InChI is InChI=1S/C19H26N2O2/c1-4-14(5-2)17(22)21-12-10-19(11-13-21)15-8-6-7-9-16(15)20(3)18(19)23/h6-9,14H,4-5,10-13H2,1-3H3. The van der Waals surface area contributed by atoms with Crippen LogP contribution in [0.3, 0.4) is 0 Å². The molecule has 1 aromatic carbocycles. The second kappa shape index (κ2) is 5.99. The molecule has 2 amide bonds. The van der Waals surface area contributed by atoms with Crippen molar-refractivity contribution in [1.82, 2.24) is 4.90 Å². The Labute approximate surface area is 138 Å². The van der Waals surface area contributed by atoms with E-state index in [9.17, 15) is 9.59 Å². The molecule has 2 aliphatic heterocycles. The quantitative estimate of drug-likeness (QED) is 0.860. The number of fused-ring (bicyclic) bond motifs is 2. The molecule has 2 heterocycles. The van der Waals surface area contributed by atoms with Gasteiger partial charge in [-0.15, -0.1) is 0 Å². The van der Waals surface area contributed by atoms with Crippen LogP contribution in [0.2, 0.25) is 0 Å². The van der Waals surface area contributed by atoms with Crippen LogP contribution < -0.4 is 4.90 Å². The van der Waals surface area contributed by atoms with E-state index in [0.717, 1.165) is 36.9 Å². The van der Waals surface area contributed by atoms with E-state index in [-0.39, 0.29) is 17.7 Å². The SMILES string of the molecule is CCC(CC)C(=O)N1CCC2(CC1)C(=O)N(C)c1ccccc12. The molecule has 4 heteroatoms. The van der Waals surface area contributed by atoms with Crippen LogP contribution in [0.25, 0.3) is 0 Å². The Morgan fingerprint density at radius 1 is 1.17 bits per heavy atom. The first kappa shape index (κ1) is 16.0. The number of likely N-dealkylation sites (tertiary alicyclic amines) is 1. The normalized spacial score (nSPS) is 19.6. The third-order valence-electron chi connectivity index (χ3n) is 5.76. The summed E-state index contributed by atoms with van der Waals surface area (Å²) in [7, 11) is 1.86. The first-order valence-corrected chi connectivity index (χ1v) is 8.71. The number of para-hydroxylation sites is 1. The number of carbonyl (C=O) groups is 2. The summed E-state index contributed by atoms with van der Waals surface area (Å²) in [5.41, 5.74) is 1.75. The van der Waals surface area contributed by atoms with Gasteiger partial charge in [-0.25, -0.2) is 0 Å². The number of benzene rings is 1. The Morgan fingerprint density at radius 2 is 1.78 bits per heavy atom. The second-order valence-electron chi connectivity index (χ2n) is 6.80. The van der Waals surface area contributed by atoms with Crippen LogP contribution in [0.4, 0.5) is 5.69 Å². The Bertz CT molecular complexity index is 614. The molecule has 1 aromatic rings. The Balaban J connectivity index is 1.81. The molecule has 1 saturated heterocycles. The van der Waals surface area contributed by atoms with E-state index in [2.05, 4.69) is 19.9 Å². The van der Waals surface area contributed by atoms with Crippen molar-refractivity contribution in [1.29, 1.82) is 0 Å². The number of hydrogen-bond donors (Lipinski definition) is 0. The molecule has 0 aliphatic carbocycles. The molecule has 3 rings (SSSR count). The number of piperidine rings is 1. The molecule has 1 spiro atoms. The predicted octanol–water partition coefficient (Wildman–Crippen LogP) is 2.96.